The maximum atomic E-state index is 4.41. The van der Waals surface area contributed by atoms with E-state index in [0.29, 0.717) is 6.54 Å². The molecule has 0 unspecified atom stereocenters. The van der Waals surface area contributed by atoms with Gasteiger partial charge in [-0.2, -0.15) is 0 Å². The number of aliphatic imine (C=N–C) groups is 1. The highest BCUT2D eigenvalue weighted by Gasteiger charge is 2.04. The van der Waals surface area contributed by atoms with Gasteiger partial charge in [0.2, 0.25) is 0 Å². The minimum atomic E-state index is 0.593. The molecule has 0 aliphatic heterocycles. The summed E-state index contributed by atoms with van der Waals surface area (Å²) >= 11 is 0. The van der Waals surface area contributed by atoms with Crippen molar-refractivity contribution in [1.29, 1.82) is 0 Å². The van der Waals surface area contributed by atoms with Gasteiger partial charge in [0.1, 0.15) is 5.82 Å². The van der Waals surface area contributed by atoms with Gasteiger partial charge in [0.05, 0.1) is 18.4 Å². The molecule has 6 heteroatoms. The highest BCUT2D eigenvalue weighted by Crippen LogP contribution is 2.15. The maximum absolute atomic E-state index is 4.41. The molecule has 2 aromatic heterocycles. The largest absolute Gasteiger partial charge is 0.355 e. The number of hydrogen-bond donors (Lipinski definition) is 3. The first-order valence-corrected chi connectivity index (χ1v) is 8.00. The molecule has 6 nitrogen and oxygen atoms in total. The molecule has 0 atom stereocenters. The Morgan fingerprint density at radius 2 is 1.92 bits per heavy atom. The summed E-state index contributed by atoms with van der Waals surface area (Å²) in [5, 5.41) is 6.56. The molecule has 1 aromatic carbocycles. The first-order valence-electron chi connectivity index (χ1n) is 8.00. The lowest BCUT2D eigenvalue weighted by atomic mass is 10.2. The van der Waals surface area contributed by atoms with Crippen LogP contribution in [0.3, 0.4) is 0 Å². The molecule has 0 aliphatic rings. The Morgan fingerprint density at radius 3 is 2.67 bits per heavy atom. The Bertz CT molecular complexity index is 758. The summed E-state index contributed by atoms with van der Waals surface area (Å²) in [6.45, 7) is 2.30. The van der Waals surface area contributed by atoms with Gasteiger partial charge in [0, 0.05) is 32.5 Å². The van der Waals surface area contributed by atoms with Crippen molar-refractivity contribution in [3.8, 4) is 11.3 Å². The number of nitrogens with zero attached hydrogens (tertiary/aromatic N) is 3. The van der Waals surface area contributed by atoms with Crippen molar-refractivity contribution >= 4 is 5.96 Å². The zero-order chi connectivity index (χ0) is 16.6. The number of hydrogen-bond acceptors (Lipinski definition) is 2. The molecule has 0 saturated carbocycles. The number of nitrogens with one attached hydrogen (secondary N) is 3. The van der Waals surface area contributed by atoms with Gasteiger partial charge < -0.3 is 20.2 Å². The van der Waals surface area contributed by atoms with Crippen LogP contribution < -0.4 is 10.6 Å². The molecular formula is C18H22N6. The van der Waals surface area contributed by atoms with E-state index in [2.05, 4.69) is 42.3 Å². The molecule has 3 rings (SSSR count). The number of guanidine groups is 1. The molecule has 3 aromatic rings. The molecule has 0 radical (unpaired) electrons. The summed E-state index contributed by atoms with van der Waals surface area (Å²) < 4.78 is 2.12. The summed E-state index contributed by atoms with van der Waals surface area (Å²) in [4.78, 5) is 12.0. The van der Waals surface area contributed by atoms with Gasteiger partial charge in [-0.25, -0.2) is 4.98 Å². The number of aromatic amines is 1. The fraction of sp³-hybridized carbons (Fsp3) is 0.222. The zero-order valence-corrected chi connectivity index (χ0v) is 13.7. The van der Waals surface area contributed by atoms with Crippen LogP contribution in [0.5, 0.6) is 0 Å². The van der Waals surface area contributed by atoms with Crippen molar-refractivity contribution in [2.75, 3.05) is 13.6 Å². The van der Waals surface area contributed by atoms with E-state index in [1.54, 1.807) is 7.05 Å². The Hall–Kier alpha value is -3.02. The van der Waals surface area contributed by atoms with Crippen molar-refractivity contribution in [1.82, 2.24) is 25.2 Å². The van der Waals surface area contributed by atoms with E-state index >= 15 is 0 Å². The topological polar surface area (TPSA) is 70.0 Å². The fourth-order valence-electron chi connectivity index (χ4n) is 2.43. The Morgan fingerprint density at radius 1 is 1.12 bits per heavy atom. The molecule has 24 heavy (non-hydrogen) atoms. The first-order chi connectivity index (χ1) is 11.8. The predicted octanol–water partition coefficient (Wildman–Crippen LogP) is 2.24. The number of imidazole rings is 1. The van der Waals surface area contributed by atoms with E-state index in [9.17, 15) is 0 Å². The molecule has 0 aliphatic carbocycles. The van der Waals surface area contributed by atoms with Crippen LogP contribution in [-0.2, 0) is 13.1 Å². The van der Waals surface area contributed by atoms with Crippen LogP contribution in [0.15, 0.2) is 66.0 Å². The third-order valence-electron chi connectivity index (χ3n) is 3.69. The van der Waals surface area contributed by atoms with Gasteiger partial charge in [-0.3, -0.25) is 4.99 Å². The molecule has 0 spiro atoms. The van der Waals surface area contributed by atoms with E-state index in [-0.39, 0.29) is 0 Å². The van der Waals surface area contributed by atoms with E-state index < -0.39 is 0 Å². The van der Waals surface area contributed by atoms with Gasteiger partial charge in [0.15, 0.2) is 5.96 Å². The molecule has 0 bridgehead atoms. The van der Waals surface area contributed by atoms with E-state index in [4.69, 9.17) is 0 Å². The average molecular weight is 322 g/mol. The van der Waals surface area contributed by atoms with Gasteiger partial charge in [-0.05, 0) is 17.7 Å². The smallest absolute Gasteiger partial charge is 0.191 e. The summed E-state index contributed by atoms with van der Waals surface area (Å²) in [5.74, 6) is 1.64. The molecule has 2 heterocycles. The van der Waals surface area contributed by atoms with E-state index in [1.165, 1.54) is 0 Å². The Labute approximate surface area is 141 Å². The second-order valence-corrected chi connectivity index (χ2v) is 5.38. The van der Waals surface area contributed by atoms with Crippen molar-refractivity contribution in [3.05, 3.63) is 66.9 Å². The SMILES string of the molecule is CN=C(NCCn1cccc1)NCc1ncc(-c2ccccc2)[nH]1. The van der Waals surface area contributed by atoms with Crippen molar-refractivity contribution in [2.45, 2.75) is 13.1 Å². The maximum Gasteiger partial charge on any atom is 0.191 e. The molecule has 0 amide bonds. The lowest BCUT2D eigenvalue weighted by Crippen LogP contribution is -2.38. The van der Waals surface area contributed by atoms with E-state index in [0.717, 1.165) is 36.1 Å². The van der Waals surface area contributed by atoms with Crippen LogP contribution in [-0.4, -0.2) is 34.1 Å². The average Bonchev–Trinajstić information content (AvgIpc) is 3.30. The zero-order valence-electron chi connectivity index (χ0n) is 13.7. The predicted molar refractivity (Wildman–Crippen MR) is 96.7 cm³/mol. The first kappa shape index (κ1) is 15.9. The summed E-state index contributed by atoms with van der Waals surface area (Å²) in [6.07, 6.45) is 5.95. The summed E-state index contributed by atoms with van der Waals surface area (Å²) in [5.41, 5.74) is 2.15. The Kier molecular flexibility index (Phi) is 5.29. The van der Waals surface area contributed by atoms with Gasteiger partial charge in [0.25, 0.3) is 0 Å². The second kappa shape index (κ2) is 8.01. The standard InChI is InChI=1S/C18H22N6/c1-19-18(20-9-12-24-10-5-6-11-24)22-14-17-21-13-16(23-17)15-7-3-2-4-8-15/h2-8,10-11,13H,9,12,14H2,1H3,(H,21,23)(H2,19,20,22). The van der Waals surface area contributed by atoms with Crippen LogP contribution >= 0.6 is 0 Å². The lowest BCUT2D eigenvalue weighted by Gasteiger charge is -2.11. The highest BCUT2D eigenvalue weighted by molar-refractivity contribution is 5.79. The van der Waals surface area contributed by atoms with Crippen LogP contribution in [0.1, 0.15) is 5.82 Å². The van der Waals surface area contributed by atoms with Crippen LogP contribution in [0.25, 0.3) is 11.3 Å². The van der Waals surface area contributed by atoms with Crippen molar-refractivity contribution in [3.63, 3.8) is 0 Å². The summed E-state index contributed by atoms with van der Waals surface area (Å²) in [7, 11) is 1.77. The lowest BCUT2D eigenvalue weighted by molar-refractivity contribution is 0.663. The van der Waals surface area contributed by atoms with Gasteiger partial charge >= 0.3 is 0 Å². The monoisotopic (exact) mass is 322 g/mol. The van der Waals surface area contributed by atoms with Crippen LogP contribution in [0.2, 0.25) is 0 Å². The van der Waals surface area contributed by atoms with Crippen LogP contribution in [0, 0.1) is 0 Å². The second-order valence-electron chi connectivity index (χ2n) is 5.38. The molecule has 3 N–H and O–H groups in total. The minimum Gasteiger partial charge on any atom is -0.355 e. The molecule has 0 fully saturated rings. The summed E-state index contributed by atoms with van der Waals surface area (Å²) in [6, 6.07) is 14.2. The molecule has 0 saturated heterocycles. The third kappa shape index (κ3) is 4.25. The highest BCUT2D eigenvalue weighted by atomic mass is 15.2. The van der Waals surface area contributed by atoms with Gasteiger partial charge in [-0.15, -0.1) is 0 Å². The molecular weight excluding hydrogens is 300 g/mol. The van der Waals surface area contributed by atoms with Crippen LogP contribution in [0.4, 0.5) is 0 Å². The quantitative estimate of drug-likeness (QED) is 0.481. The number of benzene rings is 1. The van der Waals surface area contributed by atoms with Gasteiger partial charge in [-0.1, -0.05) is 30.3 Å². The van der Waals surface area contributed by atoms with Crippen molar-refractivity contribution in [2.24, 2.45) is 4.99 Å². The number of aromatic nitrogens is 3. The number of rotatable bonds is 6. The third-order valence-corrected chi connectivity index (χ3v) is 3.69. The molecule has 124 valence electrons. The normalized spacial score (nSPS) is 11.5. The minimum absolute atomic E-state index is 0.593. The van der Waals surface area contributed by atoms with Crippen molar-refractivity contribution < 1.29 is 0 Å². The Balaban J connectivity index is 1.48. The van der Waals surface area contributed by atoms with E-state index in [1.807, 2.05) is 48.9 Å². The fourth-order valence-corrected chi connectivity index (χ4v) is 2.43. The number of H-pyrrole nitrogens is 1.